The maximum Gasteiger partial charge on any atom is 0.354 e. The van der Waals surface area contributed by atoms with Crippen LogP contribution in [0.2, 0.25) is 0 Å². The van der Waals surface area contributed by atoms with Gasteiger partial charge in [0, 0.05) is 12.5 Å². The molecule has 7 heteroatoms. The number of carboxylic acid groups (broad SMARTS) is 1. The Labute approximate surface area is 115 Å². The van der Waals surface area contributed by atoms with E-state index in [1.807, 2.05) is 11.6 Å². The molecule has 3 rings (SSSR count). The zero-order chi connectivity index (χ0) is 14.1. The first-order valence-electron chi connectivity index (χ1n) is 6.49. The summed E-state index contributed by atoms with van der Waals surface area (Å²) in [6.45, 7) is 2.60. The average molecular weight is 273 g/mol. The molecular formula is C13H15N5O2. The number of nitrogens with one attached hydrogen (secondary N) is 1. The van der Waals surface area contributed by atoms with Gasteiger partial charge in [-0.15, -0.1) is 0 Å². The van der Waals surface area contributed by atoms with Gasteiger partial charge >= 0.3 is 5.97 Å². The number of anilines is 1. The van der Waals surface area contributed by atoms with Gasteiger partial charge in [0.05, 0.1) is 6.54 Å². The van der Waals surface area contributed by atoms with E-state index >= 15 is 0 Å². The van der Waals surface area contributed by atoms with Gasteiger partial charge in [0.2, 0.25) is 0 Å². The molecular weight excluding hydrogens is 258 g/mol. The quantitative estimate of drug-likeness (QED) is 0.870. The van der Waals surface area contributed by atoms with Gasteiger partial charge in [-0.1, -0.05) is 6.07 Å². The van der Waals surface area contributed by atoms with Gasteiger partial charge in [0.1, 0.15) is 17.5 Å². The number of aryl methyl sites for hydroxylation is 2. The smallest absolute Gasteiger partial charge is 0.354 e. The minimum atomic E-state index is -1.02. The van der Waals surface area contributed by atoms with E-state index in [2.05, 4.69) is 20.4 Å². The summed E-state index contributed by atoms with van der Waals surface area (Å²) >= 11 is 0. The highest BCUT2D eigenvalue weighted by Crippen LogP contribution is 2.16. The number of hydrogen-bond acceptors (Lipinski definition) is 5. The van der Waals surface area contributed by atoms with Crippen LogP contribution in [0.3, 0.4) is 0 Å². The molecule has 0 saturated carbocycles. The SMILES string of the molecule is Cc1nc2n(n1)CC(Nc1cccc(C(=O)O)n1)CC2. The Balaban J connectivity index is 1.73. The predicted molar refractivity (Wildman–Crippen MR) is 71.7 cm³/mol. The summed E-state index contributed by atoms with van der Waals surface area (Å²) in [5, 5.41) is 16.5. The average Bonchev–Trinajstić information content (AvgIpc) is 2.78. The molecule has 1 unspecified atom stereocenters. The molecule has 0 radical (unpaired) electrons. The van der Waals surface area contributed by atoms with Crippen LogP contribution in [0.25, 0.3) is 0 Å². The molecule has 104 valence electrons. The lowest BCUT2D eigenvalue weighted by Gasteiger charge is -2.24. The number of pyridine rings is 1. The molecule has 20 heavy (non-hydrogen) atoms. The fourth-order valence-corrected chi connectivity index (χ4v) is 2.39. The third-order valence-electron chi connectivity index (χ3n) is 3.28. The van der Waals surface area contributed by atoms with Crippen molar-refractivity contribution in [3.05, 3.63) is 35.5 Å². The van der Waals surface area contributed by atoms with Crippen molar-refractivity contribution < 1.29 is 9.90 Å². The molecule has 2 N–H and O–H groups in total. The Morgan fingerprint density at radius 1 is 1.45 bits per heavy atom. The lowest BCUT2D eigenvalue weighted by Crippen LogP contribution is -2.32. The van der Waals surface area contributed by atoms with Crippen molar-refractivity contribution in [2.45, 2.75) is 32.4 Å². The van der Waals surface area contributed by atoms with Gasteiger partial charge in [0.15, 0.2) is 5.69 Å². The highest BCUT2D eigenvalue weighted by Gasteiger charge is 2.21. The normalized spacial score (nSPS) is 17.6. The Bertz CT molecular complexity index is 652. The molecule has 3 heterocycles. The summed E-state index contributed by atoms with van der Waals surface area (Å²) in [5.41, 5.74) is 0.0445. The number of carboxylic acids is 1. The van der Waals surface area contributed by atoms with Gasteiger partial charge in [-0.25, -0.2) is 19.4 Å². The van der Waals surface area contributed by atoms with E-state index in [0.717, 1.165) is 31.0 Å². The molecule has 0 amide bonds. The van der Waals surface area contributed by atoms with E-state index < -0.39 is 5.97 Å². The summed E-state index contributed by atoms with van der Waals surface area (Å²) in [6.07, 6.45) is 1.79. The van der Waals surface area contributed by atoms with Crippen LogP contribution in [0.15, 0.2) is 18.2 Å². The van der Waals surface area contributed by atoms with Crippen LogP contribution in [-0.2, 0) is 13.0 Å². The van der Waals surface area contributed by atoms with Crippen LogP contribution in [0.1, 0.15) is 28.6 Å². The predicted octanol–water partition coefficient (Wildman–Crippen LogP) is 1.11. The molecule has 1 aliphatic rings. The molecule has 7 nitrogen and oxygen atoms in total. The molecule has 0 saturated heterocycles. The molecule has 1 atom stereocenters. The second-order valence-corrected chi connectivity index (χ2v) is 4.85. The van der Waals surface area contributed by atoms with Crippen molar-refractivity contribution in [1.82, 2.24) is 19.7 Å². The maximum absolute atomic E-state index is 10.9. The summed E-state index contributed by atoms with van der Waals surface area (Å²) in [6, 6.07) is 5.12. The van der Waals surface area contributed by atoms with Gasteiger partial charge < -0.3 is 10.4 Å². The van der Waals surface area contributed by atoms with Crippen molar-refractivity contribution in [2.75, 3.05) is 5.32 Å². The topological polar surface area (TPSA) is 92.9 Å². The van der Waals surface area contributed by atoms with Crippen LogP contribution < -0.4 is 5.32 Å². The van der Waals surface area contributed by atoms with Crippen LogP contribution >= 0.6 is 0 Å². The molecule has 0 aromatic carbocycles. The van der Waals surface area contributed by atoms with Gasteiger partial charge in [-0.3, -0.25) is 0 Å². The van der Waals surface area contributed by atoms with Gasteiger partial charge in [-0.05, 0) is 25.5 Å². The minimum Gasteiger partial charge on any atom is -0.477 e. The van der Waals surface area contributed by atoms with Crippen molar-refractivity contribution in [2.24, 2.45) is 0 Å². The largest absolute Gasteiger partial charge is 0.477 e. The number of aromatic carboxylic acids is 1. The number of nitrogens with zero attached hydrogens (tertiary/aromatic N) is 4. The highest BCUT2D eigenvalue weighted by atomic mass is 16.4. The first kappa shape index (κ1) is 12.6. The zero-order valence-electron chi connectivity index (χ0n) is 11.1. The van der Waals surface area contributed by atoms with E-state index in [1.165, 1.54) is 6.07 Å². The van der Waals surface area contributed by atoms with Crippen LogP contribution in [0.5, 0.6) is 0 Å². The second-order valence-electron chi connectivity index (χ2n) is 4.85. The zero-order valence-corrected chi connectivity index (χ0v) is 11.1. The molecule has 0 fully saturated rings. The highest BCUT2D eigenvalue weighted by molar-refractivity contribution is 5.85. The Morgan fingerprint density at radius 2 is 2.30 bits per heavy atom. The van der Waals surface area contributed by atoms with Crippen molar-refractivity contribution in [3.63, 3.8) is 0 Å². The first-order chi connectivity index (χ1) is 9.61. The van der Waals surface area contributed by atoms with E-state index in [-0.39, 0.29) is 11.7 Å². The second kappa shape index (κ2) is 4.92. The van der Waals surface area contributed by atoms with Gasteiger partial charge in [-0.2, -0.15) is 5.10 Å². The van der Waals surface area contributed by atoms with Crippen molar-refractivity contribution >= 4 is 11.8 Å². The first-order valence-corrected chi connectivity index (χ1v) is 6.49. The third kappa shape index (κ3) is 2.47. The Hall–Kier alpha value is -2.44. The minimum absolute atomic E-state index is 0.0445. The Kier molecular flexibility index (Phi) is 3.09. The number of fused-ring (bicyclic) bond motifs is 1. The van der Waals surface area contributed by atoms with Crippen LogP contribution in [-0.4, -0.2) is 36.9 Å². The van der Waals surface area contributed by atoms with E-state index in [1.54, 1.807) is 12.1 Å². The summed E-state index contributed by atoms with van der Waals surface area (Å²) in [7, 11) is 0. The van der Waals surface area contributed by atoms with Gasteiger partial charge in [0.25, 0.3) is 0 Å². The van der Waals surface area contributed by atoms with E-state index in [4.69, 9.17) is 5.11 Å². The van der Waals surface area contributed by atoms with Crippen LogP contribution in [0, 0.1) is 6.92 Å². The van der Waals surface area contributed by atoms with E-state index in [0.29, 0.717) is 5.82 Å². The number of hydrogen-bond donors (Lipinski definition) is 2. The third-order valence-corrected chi connectivity index (χ3v) is 3.28. The summed E-state index contributed by atoms with van der Waals surface area (Å²) < 4.78 is 1.90. The van der Waals surface area contributed by atoms with E-state index in [9.17, 15) is 4.79 Å². The molecule has 0 spiro atoms. The molecule has 2 aromatic rings. The molecule has 0 bridgehead atoms. The standard InChI is InChI=1S/C13H15N5O2/c1-8-14-12-6-5-9(7-18(12)17-8)15-11-4-2-3-10(16-11)13(19)20/h2-4,9H,5-7H2,1H3,(H,15,16)(H,19,20). The molecule has 0 aliphatic carbocycles. The Morgan fingerprint density at radius 3 is 3.10 bits per heavy atom. The van der Waals surface area contributed by atoms with Crippen molar-refractivity contribution in [1.29, 1.82) is 0 Å². The fraction of sp³-hybridized carbons (Fsp3) is 0.385. The number of rotatable bonds is 3. The lowest BCUT2D eigenvalue weighted by atomic mass is 10.1. The number of carbonyl (C=O) groups is 1. The monoisotopic (exact) mass is 273 g/mol. The molecule has 2 aromatic heterocycles. The summed E-state index contributed by atoms with van der Waals surface area (Å²) in [5.74, 6) is 1.35. The number of aromatic nitrogens is 4. The lowest BCUT2D eigenvalue weighted by molar-refractivity contribution is 0.0690. The van der Waals surface area contributed by atoms with Crippen molar-refractivity contribution in [3.8, 4) is 0 Å². The fourth-order valence-electron chi connectivity index (χ4n) is 2.39. The summed E-state index contributed by atoms with van der Waals surface area (Å²) in [4.78, 5) is 19.3. The molecule has 1 aliphatic heterocycles. The maximum atomic E-state index is 10.9. The van der Waals surface area contributed by atoms with Crippen LogP contribution in [0.4, 0.5) is 5.82 Å².